The van der Waals surface area contributed by atoms with E-state index in [0.29, 0.717) is 23.2 Å². The first-order chi connectivity index (χ1) is 17.1. The van der Waals surface area contributed by atoms with Crippen LogP contribution in [0.1, 0.15) is 12.6 Å². The van der Waals surface area contributed by atoms with Crippen LogP contribution in [0, 0.1) is 0 Å². The zero-order chi connectivity index (χ0) is 24.2. The Labute approximate surface area is 208 Å². The largest absolute Gasteiger partial charge is 0.364 e. The van der Waals surface area contributed by atoms with Crippen LogP contribution in [0.4, 0.5) is 11.5 Å². The minimum absolute atomic E-state index is 0.168. The lowest BCUT2D eigenvalue weighted by Gasteiger charge is -2.17. The van der Waals surface area contributed by atoms with Gasteiger partial charge in [-0.25, -0.2) is 4.98 Å². The van der Waals surface area contributed by atoms with Gasteiger partial charge in [0, 0.05) is 35.8 Å². The van der Waals surface area contributed by atoms with E-state index in [4.69, 9.17) is 16.6 Å². The Hall–Kier alpha value is -4.29. The Kier molecular flexibility index (Phi) is 6.37. The molecule has 3 aromatic heterocycles. The number of carbonyl (C=O) groups excluding carboxylic acids is 1. The molecule has 1 amide bonds. The van der Waals surface area contributed by atoms with Crippen LogP contribution in [0.2, 0.25) is 5.15 Å². The molecule has 2 N–H and O–H groups in total. The predicted octanol–water partition coefficient (Wildman–Crippen LogP) is 6.58. The van der Waals surface area contributed by atoms with Crippen LogP contribution in [0.15, 0.2) is 91.4 Å². The number of nitrogens with zero attached hydrogens (tertiary/aromatic N) is 3. The van der Waals surface area contributed by atoms with E-state index in [1.165, 1.54) is 6.92 Å². The van der Waals surface area contributed by atoms with Gasteiger partial charge in [-0.3, -0.25) is 14.8 Å². The average molecular weight is 480 g/mol. The number of fused-ring (bicyclic) bond motifs is 1. The molecule has 0 atom stereocenters. The van der Waals surface area contributed by atoms with Crippen LogP contribution in [0.25, 0.3) is 33.0 Å². The molecular weight excluding hydrogens is 458 g/mol. The first-order valence-corrected chi connectivity index (χ1v) is 11.5. The van der Waals surface area contributed by atoms with Crippen molar-refractivity contribution in [3.8, 4) is 22.3 Å². The third kappa shape index (κ3) is 4.83. The minimum Gasteiger partial charge on any atom is -0.364 e. The predicted molar refractivity (Wildman–Crippen MR) is 141 cm³/mol. The second kappa shape index (κ2) is 9.91. The molecule has 0 unspecified atom stereocenters. The summed E-state index contributed by atoms with van der Waals surface area (Å²) < 4.78 is 0. The second-order valence-corrected chi connectivity index (χ2v) is 8.40. The van der Waals surface area contributed by atoms with Crippen molar-refractivity contribution in [3.05, 3.63) is 102 Å². The number of amides is 1. The van der Waals surface area contributed by atoms with Gasteiger partial charge in [0.15, 0.2) is 0 Å². The lowest BCUT2D eigenvalue weighted by Crippen LogP contribution is -2.06. The van der Waals surface area contributed by atoms with Crippen LogP contribution < -0.4 is 10.6 Å². The van der Waals surface area contributed by atoms with E-state index < -0.39 is 0 Å². The monoisotopic (exact) mass is 479 g/mol. The standard InChI is InChI=1S/C28H22ClN5O/c1-18(35)33-22-14-20(15-30-16-22)25-24-12-7-11-23(19-8-3-2-4-9-19)26(24)28(34-27(25)29)32-17-21-10-5-6-13-31-21/h2-16H,17H2,1H3,(H,32,34)(H,33,35). The fraction of sp³-hybridized carbons (Fsp3) is 0.0714. The molecule has 0 saturated heterocycles. The van der Waals surface area contributed by atoms with E-state index in [9.17, 15) is 4.79 Å². The summed E-state index contributed by atoms with van der Waals surface area (Å²) in [6.45, 7) is 1.96. The maximum Gasteiger partial charge on any atom is 0.221 e. The lowest BCUT2D eigenvalue weighted by atomic mass is 9.94. The molecule has 0 fully saturated rings. The highest BCUT2D eigenvalue weighted by Crippen LogP contribution is 2.42. The molecule has 3 heterocycles. The zero-order valence-electron chi connectivity index (χ0n) is 19.0. The topological polar surface area (TPSA) is 79.8 Å². The number of carbonyl (C=O) groups is 1. The van der Waals surface area contributed by atoms with Gasteiger partial charge in [-0.05, 0) is 34.7 Å². The molecule has 6 nitrogen and oxygen atoms in total. The zero-order valence-corrected chi connectivity index (χ0v) is 19.8. The smallest absolute Gasteiger partial charge is 0.221 e. The Morgan fingerprint density at radius 3 is 2.54 bits per heavy atom. The van der Waals surface area contributed by atoms with Crippen LogP contribution in [0.5, 0.6) is 0 Å². The molecule has 0 spiro atoms. The van der Waals surface area contributed by atoms with Crippen molar-refractivity contribution >= 4 is 39.8 Å². The Bertz CT molecular complexity index is 1510. The van der Waals surface area contributed by atoms with E-state index in [2.05, 4.69) is 38.8 Å². The van der Waals surface area contributed by atoms with Gasteiger partial charge in [0.05, 0.1) is 24.1 Å². The summed E-state index contributed by atoms with van der Waals surface area (Å²) in [5.41, 5.74) is 5.10. The van der Waals surface area contributed by atoms with Crippen molar-refractivity contribution in [1.29, 1.82) is 0 Å². The Balaban J connectivity index is 1.71. The molecule has 2 aromatic carbocycles. The summed E-state index contributed by atoms with van der Waals surface area (Å²) in [5.74, 6) is 0.503. The number of pyridine rings is 3. The fourth-order valence-corrected chi connectivity index (χ4v) is 4.42. The van der Waals surface area contributed by atoms with Crippen LogP contribution in [-0.4, -0.2) is 20.9 Å². The van der Waals surface area contributed by atoms with E-state index in [0.717, 1.165) is 38.7 Å². The van der Waals surface area contributed by atoms with Gasteiger partial charge >= 0.3 is 0 Å². The van der Waals surface area contributed by atoms with Gasteiger partial charge in [0.25, 0.3) is 0 Å². The highest BCUT2D eigenvalue weighted by molar-refractivity contribution is 6.34. The summed E-state index contributed by atoms with van der Waals surface area (Å²) in [6.07, 6.45) is 5.10. The van der Waals surface area contributed by atoms with Gasteiger partial charge in [0.2, 0.25) is 5.91 Å². The summed E-state index contributed by atoms with van der Waals surface area (Å²) in [5, 5.41) is 8.44. The summed E-state index contributed by atoms with van der Waals surface area (Å²) >= 11 is 6.80. The minimum atomic E-state index is -0.168. The van der Waals surface area contributed by atoms with E-state index >= 15 is 0 Å². The average Bonchev–Trinajstić information content (AvgIpc) is 2.88. The molecule has 7 heteroatoms. The normalized spacial score (nSPS) is 10.8. The van der Waals surface area contributed by atoms with Gasteiger partial charge in [-0.15, -0.1) is 0 Å². The quantitative estimate of drug-likeness (QED) is 0.269. The molecule has 0 saturated carbocycles. The van der Waals surface area contributed by atoms with Gasteiger partial charge < -0.3 is 10.6 Å². The fourth-order valence-electron chi connectivity index (χ4n) is 4.12. The van der Waals surface area contributed by atoms with E-state index in [1.54, 1.807) is 18.6 Å². The third-order valence-corrected chi connectivity index (χ3v) is 5.86. The highest BCUT2D eigenvalue weighted by Gasteiger charge is 2.18. The summed E-state index contributed by atoms with van der Waals surface area (Å²) in [6, 6.07) is 23.9. The molecule has 35 heavy (non-hydrogen) atoms. The third-order valence-electron chi connectivity index (χ3n) is 5.58. The van der Waals surface area contributed by atoms with Crippen molar-refractivity contribution < 1.29 is 4.79 Å². The van der Waals surface area contributed by atoms with Crippen molar-refractivity contribution in [3.63, 3.8) is 0 Å². The maximum absolute atomic E-state index is 11.6. The molecule has 5 rings (SSSR count). The number of rotatable bonds is 6. The number of hydrogen-bond acceptors (Lipinski definition) is 5. The molecule has 5 aromatic rings. The second-order valence-electron chi connectivity index (χ2n) is 8.04. The van der Waals surface area contributed by atoms with Crippen LogP contribution in [0.3, 0.4) is 0 Å². The summed E-state index contributed by atoms with van der Waals surface area (Å²) in [7, 11) is 0. The van der Waals surface area contributed by atoms with Crippen molar-refractivity contribution in [1.82, 2.24) is 15.0 Å². The first-order valence-electron chi connectivity index (χ1n) is 11.1. The number of hydrogen-bond donors (Lipinski definition) is 2. The SMILES string of the molecule is CC(=O)Nc1cncc(-c2c(Cl)nc(NCc3ccccn3)c3c(-c4ccccc4)cccc23)c1. The molecule has 172 valence electrons. The molecule has 0 aliphatic rings. The number of benzene rings is 2. The van der Waals surface area contributed by atoms with Crippen LogP contribution in [-0.2, 0) is 11.3 Å². The Morgan fingerprint density at radius 1 is 0.943 bits per heavy atom. The maximum atomic E-state index is 11.6. The number of nitrogens with one attached hydrogen (secondary N) is 2. The van der Waals surface area contributed by atoms with Gasteiger partial charge in [0.1, 0.15) is 11.0 Å². The van der Waals surface area contributed by atoms with Crippen molar-refractivity contribution in [2.75, 3.05) is 10.6 Å². The molecule has 0 aliphatic heterocycles. The molecule has 0 bridgehead atoms. The first kappa shape index (κ1) is 22.5. The number of anilines is 2. The van der Waals surface area contributed by atoms with E-state index in [-0.39, 0.29) is 5.91 Å². The van der Waals surface area contributed by atoms with Gasteiger partial charge in [-0.2, -0.15) is 0 Å². The molecule has 0 aliphatic carbocycles. The summed E-state index contributed by atoms with van der Waals surface area (Å²) in [4.78, 5) is 25.1. The van der Waals surface area contributed by atoms with E-state index in [1.807, 2.05) is 54.6 Å². The molecular formula is C28H22ClN5O. The van der Waals surface area contributed by atoms with Crippen molar-refractivity contribution in [2.45, 2.75) is 13.5 Å². The number of halogens is 1. The number of aromatic nitrogens is 3. The van der Waals surface area contributed by atoms with Crippen LogP contribution >= 0.6 is 11.6 Å². The lowest BCUT2D eigenvalue weighted by molar-refractivity contribution is -0.114. The molecule has 0 radical (unpaired) electrons. The highest BCUT2D eigenvalue weighted by atomic mass is 35.5. The van der Waals surface area contributed by atoms with Gasteiger partial charge in [-0.1, -0.05) is 66.2 Å². The Morgan fingerprint density at radius 2 is 1.77 bits per heavy atom. The van der Waals surface area contributed by atoms with Crippen molar-refractivity contribution in [2.24, 2.45) is 0 Å².